The van der Waals surface area contributed by atoms with Gasteiger partial charge in [-0.2, -0.15) is 0 Å². The van der Waals surface area contributed by atoms with E-state index < -0.39 is 15.8 Å². The predicted molar refractivity (Wildman–Crippen MR) is 95.7 cm³/mol. The van der Waals surface area contributed by atoms with Crippen LogP contribution in [0.2, 0.25) is 5.02 Å². The summed E-state index contributed by atoms with van der Waals surface area (Å²) in [6, 6.07) is 5.06. The van der Waals surface area contributed by atoms with Crippen molar-refractivity contribution in [3.05, 3.63) is 41.4 Å². The number of hydrogen-bond acceptors (Lipinski definition) is 5. The van der Waals surface area contributed by atoms with Crippen LogP contribution in [0.4, 0.5) is 10.2 Å². The van der Waals surface area contributed by atoms with Crippen molar-refractivity contribution in [2.45, 2.75) is 18.9 Å². The molecular formula is C16H18ClFN4O2S. The summed E-state index contributed by atoms with van der Waals surface area (Å²) in [4.78, 5) is 10.1. The van der Waals surface area contributed by atoms with Crippen LogP contribution in [-0.2, 0) is 10.0 Å². The summed E-state index contributed by atoms with van der Waals surface area (Å²) >= 11 is 6.13. The molecule has 1 fully saturated rings. The van der Waals surface area contributed by atoms with Gasteiger partial charge in [0.2, 0.25) is 10.0 Å². The summed E-state index contributed by atoms with van der Waals surface area (Å²) in [7, 11) is -3.25. The highest BCUT2D eigenvalue weighted by Crippen LogP contribution is 2.34. The van der Waals surface area contributed by atoms with E-state index in [0.29, 0.717) is 31.6 Å². The standard InChI is InChI=1S/C16H18ClFN4O2S/c1-25(23,24)21-11-5-8-22(9-6-11)16-15(18)14(12(17)10-20-16)13-4-2-3-7-19-13/h2-4,7,10-11,21H,5-6,8-9H2,1H3. The molecule has 0 aliphatic carbocycles. The molecule has 1 saturated heterocycles. The molecule has 0 spiro atoms. The van der Waals surface area contributed by atoms with E-state index in [1.807, 2.05) is 0 Å². The third kappa shape index (κ3) is 4.26. The number of aromatic nitrogens is 2. The zero-order chi connectivity index (χ0) is 18.0. The Morgan fingerprint density at radius 3 is 2.60 bits per heavy atom. The molecule has 6 nitrogen and oxygen atoms in total. The molecule has 2 aromatic heterocycles. The van der Waals surface area contributed by atoms with Crippen molar-refractivity contribution in [1.29, 1.82) is 0 Å². The lowest BCUT2D eigenvalue weighted by molar-refractivity contribution is 0.455. The summed E-state index contributed by atoms with van der Waals surface area (Å²) < 4.78 is 40.3. The van der Waals surface area contributed by atoms with Gasteiger partial charge in [-0.1, -0.05) is 17.7 Å². The largest absolute Gasteiger partial charge is 0.354 e. The van der Waals surface area contributed by atoms with E-state index >= 15 is 4.39 Å². The number of halogens is 2. The van der Waals surface area contributed by atoms with E-state index in [2.05, 4.69) is 14.7 Å². The van der Waals surface area contributed by atoms with Crippen molar-refractivity contribution < 1.29 is 12.8 Å². The molecule has 9 heteroatoms. The monoisotopic (exact) mass is 384 g/mol. The minimum Gasteiger partial charge on any atom is -0.354 e. The lowest BCUT2D eigenvalue weighted by Gasteiger charge is -2.33. The van der Waals surface area contributed by atoms with Crippen molar-refractivity contribution in [3.63, 3.8) is 0 Å². The van der Waals surface area contributed by atoms with Gasteiger partial charge < -0.3 is 4.90 Å². The second-order valence-electron chi connectivity index (χ2n) is 5.99. The van der Waals surface area contributed by atoms with E-state index in [1.165, 1.54) is 6.20 Å². The van der Waals surface area contributed by atoms with E-state index in [0.717, 1.165) is 6.26 Å². The van der Waals surface area contributed by atoms with Gasteiger partial charge in [0.15, 0.2) is 11.6 Å². The van der Waals surface area contributed by atoms with Gasteiger partial charge in [0.1, 0.15) is 0 Å². The molecule has 1 aliphatic rings. The van der Waals surface area contributed by atoms with Crippen molar-refractivity contribution in [2.24, 2.45) is 0 Å². The van der Waals surface area contributed by atoms with Crippen LogP contribution < -0.4 is 9.62 Å². The number of rotatable bonds is 4. The molecule has 1 aliphatic heterocycles. The second kappa shape index (κ2) is 7.23. The molecule has 3 heterocycles. The molecule has 2 aromatic rings. The molecule has 134 valence electrons. The molecule has 0 radical (unpaired) electrons. The highest BCUT2D eigenvalue weighted by molar-refractivity contribution is 7.88. The molecule has 0 atom stereocenters. The minimum absolute atomic E-state index is 0.142. The molecule has 0 unspecified atom stereocenters. The first-order valence-corrected chi connectivity index (χ1v) is 10.1. The van der Waals surface area contributed by atoms with E-state index in [-0.39, 0.29) is 22.4 Å². The molecule has 0 amide bonds. The van der Waals surface area contributed by atoms with Gasteiger partial charge in [0.25, 0.3) is 0 Å². The normalized spacial score (nSPS) is 16.2. The van der Waals surface area contributed by atoms with Crippen molar-refractivity contribution in [1.82, 2.24) is 14.7 Å². The Kier molecular flexibility index (Phi) is 5.21. The Balaban J connectivity index is 1.83. The van der Waals surface area contributed by atoms with Gasteiger partial charge in [-0.3, -0.25) is 4.98 Å². The predicted octanol–water partition coefficient (Wildman–Crippen LogP) is 2.45. The molecule has 25 heavy (non-hydrogen) atoms. The Hall–Kier alpha value is -1.77. The maximum Gasteiger partial charge on any atom is 0.208 e. The third-order valence-corrected chi connectivity index (χ3v) is 5.10. The fourth-order valence-corrected chi connectivity index (χ4v) is 4.00. The van der Waals surface area contributed by atoms with Crippen LogP contribution in [0.15, 0.2) is 30.6 Å². The Morgan fingerprint density at radius 2 is 2.00 bits per heavy atom. The number of hydrogen-bond donors (Lipinski definition) is 1. The van der Waals surface area contributed by atoms with Crippen LogP contribution in [0.25, 0.3) is 11.3 Å². The van der Waals surface area contributed by atoms with Gasteiger partial charge in [0, 0.05) is 31.5 Å². The van der Waals surface area contributed by atoms with Crippen LogP contribution >= 0.6 is 11.6 Å². The Bertz CT molecular complexity index is 856. The summed E-state index contributed by atoms with van der Waals surface area (Å²) in [5, 5.41) is 0.202. The number of pyridine rings is 2. The fraction of sp³-hybridized carbons (Fsp3) is 0.375. The molecule has 0 saturated carbocycles. The number of nitrogens with one attached hydrogen (secondary N) is 1. The number of anilines is 1. The van der Waals surface area contributed by atoms with Crippen LogP contribution in [0, 0.1) is 5.82 Å². The van der Waals surface area contributed by atoms with Crippen LogP contribution in [0.1, 0.15) is 12.8 Å². The first kappa shape index (κ1) is 18.0. The highest BCUT2D eigenvalue weighted by Gasteiger charge is 2.26. The van der Waals surface area contributed by atoms with Gasteiger partial charge in [-0.25, -0.2) is 22.5 Å². The lowest BCUT2D eigenvalue weighted by Crippen LogP contribution is -2.44. The minimum atomic E-state index is -3.25. The van der Waals surface area contributed by atoms with Gasteiger partial charge in [-0.05, 0) is 25.0 Å². The first-order valence-electron chi connectivity index (χ1n) is 7.83. The van der Waals surface area contributed by atoms with Crippen LogP contribution in [0.3, 0.4) is 0 Å². The quantitative estimate of drug-likeness (QED) is 0.876. The lowest BCUT2D eigenvalue weighted by atomic mass is 10.1. The molecule has 1 N–H and O–H groups in total. The number of piperidine rings is 1. The molecule has 0 bridgehead atoms. The molecule has 0 aromatic carbocycles. The van der Waals surface area contributed by atoms with E-state index in [1.54, 1.807) is 29.3 Å². The fourth-order valence-electron chi connectivity index (χ4n) is 2.93. The average molecular weight is 385 g/mol. The summed E-state index contributed by atoms with van der Waals surface area (Å²) in [5.41, 5.74) is 0.672. The van der Waals surface area contributed by atoms with Crippen molar-refractivity contribution in [3.8, 4) is 11.3 Å². The summed E-state index contributed by atoms with van der Waals surface area (Å²) in [6.45, 7) is 1.00. The number of nitrogens with zero attached hydrogens (tertiary/aromatic N) is 3. The first-order chi connectivity index (χ1) is 11.8. The van der Waals surface area contributed by atoms with Crippen LogP contribution in [-0.4, -0.2) is 43.8 Å². The van der Waals surface area contributed by atoms with Gasteiger partial charge >= 0.3 is 0 Å². The second-order valence-corrected chi connectivity index (χ2v) is 8.17. The topological polar surface area (TPSA) is 75.2 Å². The van der Waals surface area contributed by atoms with Crippen LogP contribution in [0.5, 0.6) is 0 Å². The van der Waals surface area contributed by atoms with Gasteiger partial charge in [-0.15, -0.1) is 0 Å². The number of sulfonamides is 1. The van der Waals surface area contributed by atoms with E-state index in [4.69, 9.17) is 11.6 Å². The molecular weight excluding hydrogens is 367 g/mol. The average Bonchev–Trinajstić information content (AvgIpc) is 2.56. The maximum absolute atomic E-state index is 15.0. The highest BCUT2D eigenvalue weighted by atomic mass is 35.5. The zero-order valence-electron chi connectivity index (χ0n) is 13.6. The van der Waals surface area contributed by atoms with Gasteiger partial charge in [0.05, 0.1) is 22.5 Å². The van der Waals surface area contributed by atoms with E-state index in [9.17, 15) is 8.42 Å². The Labute approximate surface area is 151 Å². The molecule has 3 rings (SSSR count). The SMILES string of the molecule is CS(=O)(=O)NC1CCN(c2ncc(Cl)c(-c3ccccn3)c2F)CC1. The Morgan fingerprint density at radius 1 is 1.28 bits per heavy atom. The third-order valence-electron chi connectivity index (χ3n) is 4.05. The van der Waals surface area contributed by atoms with Crippen molar-refractivity contribution >= 4 is 27.4 Å². The maximum atomic E-state index is 15.0. The zero-order valence-corrected chi connectivity index (χ0v) is 15.2. The smallest absolute Gasteiger partial charge is 0.208 e. The summed E-state index contributed by atoms with van der Waals surface area (Å²) in [5.74, 6) is -0.302. The van der Waals surface area contributed by atoms with Crippen molar-refractivity contribution in [2.75, 3.05) is 24.2 Å². The summed E-state index contributed by atoms with van der Waals surface area (Å²) in [6.07, 6.45) is 5.29.